The Labute approximate surface area is 184 Å². The molecule has 4 rings (SSSR count). The van der Waals surface area contributed by atoms with E-state index in [1.807, 2.05) is 0 Å². The molecule has 0 spiro atoms. The molecule has 2 aliphatic rings. The minimum atomic E-state index is -0.349. The fourth-order valence-corrected chi connectivity index (χ4v) is 3.86. The predicted molar refractivity (Wildman–Crippen MR) is 114 cm³/mol. The first kappa shape index (κ1) is 21.7. The van der Waals surface area contributed by atoms with E-state index in [0.717, 1.165) is 5.56 Å². The molecule has 0 saturated carbocycles. The molecule has 0 radical (unpaired) electrons. The highest BCUT2D eigenvalue weighted by Gasteiger charge is 2.30. The smallest absolute Gasteiger partial charge is 0.270 e. The van der Waals surface area contributed by atoms with Crippen LogP contribution in [0.5, 0.6) is 0 Å². The van der Waals surface area contributed by atoms with Crippen LogP contribution in [0.1, 0.15) is 41.6 Å². The first-order chi connectivity index (χ1) is 15.4. The standard InChI is InChI=1S/C22H25FN6O3/c1-27-14-16(12-24-27)21(31)25-18-8-10-28(11-9-18)22(32)19-6-7-20(30)29(26-19)13-15-2-4-17(23)5-3-15/h2-5,12,14,18H,6-11,13H2,1H3,(H,25,31). The topological polar surface area (TPSA) is 99.9 Å². The molecule has 1 fully saturated rings. The summed E-state index contributed by atoms with van der Waals surface area (Å²) in [4.78, 5) is 39.2. The summed E-state index contributed by atoms with van der Waals surface area (Å²) >= 11 is 0. The van der Waals surface area contributed by atoms with Crippen molar-refractivity contribution in [1.82, 2.24) is 25.0 Å². The van der Waals surface area contributed by atoms with Crippen LogP contribution in [0, 0.1) is 5.82 Å². The summed E-state index contributed by atoms with van der Waals surface area (Å²) in [5, 5.41) is 12.6. The number of benzene rings is 1. The van der Waals surface area contributed by atoms with Gasteiger partial charge in [0.15, 0.2) is 0 Å². The molecule has 3 heterocycles. The summed E-state index contributed by atoms with van der Waals surface area (Å²) in [5.74, 6) is -0.867. The van der Waals surface area contributed by atoms with E-state index in [0.29, 0.717) is 43.6 Å². The molecule has 1 saturated heterocycles. The molecule has 9 nitrogen and oxygen atoms in total. The van der Waals surface area contributed by atoms with E-state index in [4.69, 9.17) is 0 Å². The third-order valence-electron chi connectivity index (χ3n) is 5.68. The van der Waals surface area contributed by atoms with Gasteiger partial charge >= 0.3 is 0 Å². The maximum absolute atomic E-state index is 13.1. The summed E-state index contributed by atoms with van der Waals surface area (Å²) in [6, 6.07) is 5.84. The molecule has 2 aliphatic heterocycles. The fourth-order valence-electron chi connectivity index (χ4n) is 3.86. The van der Waals surface area contributed by atoms with E-state index < -0.39 is 0 Å². The fraction of sp³-hybridized carbons (Fsp3) is 0.409. The van der Waals surface area contributed by atoms with Gasteiger partial charge in [0.25, 0.3) is 11.8 Å². The van der Waals surface area contributed by atoms with Gasteiger partial charge in [-0.3, -0.25) is 19.1 Å². The Kier molecular flexibility index (Phi) is 6.29. The Morgan fingerprint density at radius 3 is 2.53 bits per heavy atom. The van der Waals surface area contributed by atoms with E-state index in [-0.39, 0.29) is 42.5 Å². The van der Waals surface area contributed by atoms with E-state index in [1.54, 1.807) is 35.0 Å². The van der Waals surface area contributed by atoms with Gasteiger partial charge in [0, 0.05) is 45.2 Å². The number of piperidine rings is 1. The molecule has 0 unspecified atom stereocenters. The third-order valence-corrected chi connectivity index (χ3v) is 5.68. The van der Waals surface area contributed by atoms with Crippen LogP contribution in [0.4, 0.5) is 4.39 Å². The number of aryl methyl sites for hydroxylation is 1. The van der Waals surface area contributed by atoms with Crippen molar-refractivity contribution >= 4 is 23.4 Å². The van der Waals surface area contributed by atoms with Gasteiger partial charge in [-0.05, 0) is 30.5 Å². The molecular weight excluding hydrogens is 415 g/mol. The summed E-state index contributed by atoms with van der Waals surface area (Å²) in [6.45, 7) is 1.20. The Morgan fingerprint density at radius 2 is 1.88 bits per heavy atom. The first-order valence-corrected chi connectivity index (χ1v) is 10.6. The van der Waals surface area contributed by atoms with Crippen LogP contribution in [-0.4, -0.2) is 62.3 Å². The highest BCUT2D eigenvalue weighted by molar-refractivity contribution is 6.39. The second kappa shape index (κ2) is 9.29. The molecule has 0 atom stereocenters. The Morgan fingerprint density at radius 1 is 1.16 bits per heavy atom. The molecule has 10 heteroatoms. The van der Waals surface area contributed by atoms with Gasteiger partial charge in [0.1, 0.15) is 11.5 Å². The van der Waals surface area contributed by atoms with E-state index in [1.165, 1.54) is 23.3 Å². The largest absolute Gasteiger partial charge is 0.349 e. The number of hydrazone groups is 1. The molecular formula is C22H25FN6O3. The van der Waals surface area contributed by atoms with Crippen LogP contribution >= 0.6 is 0 Å². The monoisotopic (exact) mass is 440 g/mol. The molecule has 3 amide bonds. The highest BCUT2D eigenvalue weighted by Crippen LogP contribution is 2.18. The van der Waals surface area contributed by atoms with Crippen LogP contribution in [0.25, 0.3) is 0 Å². The number of hydrogen-bond acceptors (Lipinski definition) is 5. The zero-order valence-corrected chi connectivity index (χ0v) is 17.8. The van der Waals surface area contributed by atoms with Gasteiger partial charge in [-0.25, -0.2) is 9.40 Å². The summed E-state index contributed by atoms with van der Waals surface area (Å²) < 4.78 is 14.7. The van der Waals surface area contributed by atoms with Crippen LogP contribution < -0.4 is 5.32 Å². The lowest BCUT2D eigenvalue weighted by atomic mass is 10.0. The van der Waals surface area contributed by atoms with Crippen molar-refractivity contribution in [3.8, 4) is 0 Å². The van der Waals surface area contributed by atoms with Crippen molar-refractivity contribution in [3.63, 3.8) is 0 Å². The highest BCUT2D eigenvalue weighted by atomic mass is 19.1. The van der Waals surface area contributed by atoms with Crippen LogP contribution in [-0.2, 0) is 23.2 Å². The quantitative estimate of drug-likeness (QED) is 0.761. The zero-order valence-electron chi connectivity index (χ0n) is 17.8. The molecule has 168 valence electrons. The first-order valence-electron chi connectivity index (χ1n) is 10.6. The summed E-state index contributed by atoms with van der Waals surface area (Å²) in [7, 11) is 1.75. The van der Waals surface area contributed by atoms with Crippen molar-refractivity contribution in [1.29, 1.82) is 0 Å². The maximum Gasteiger partial charge on any atom is 0.270 e. The summed E-state index contributed by atoms with van der Waals surface area (Å²) in [6.07, 6.45) is 4.98. The number of likely N-dealkylation sites (tertiary alicyclic amines) is 1. The molecule has 1 N–H and O–H groups in total. The molecule has 2 aromatic rings. The number of hydrogen-bond donors (Lipinski definition) is 1. The maximum atomic E-state index is 13.1. The lowest BCUT2D eigenvalue weighted by Crippen LogP contribution is -2.49. The number of carbonyl (C=O) groups is 3. The van der Waals surface area contributed by atoms with Gasteiger partial charge in [0.2, 0.25) is 5.91 Å². The average Bonchev–Trinajstić information content (AvgIpc) is 3.23. The molecule has 1 aromatic heterocycles. The van der Waals surface area contributed by atoms with Gasteiger partial charge in [-0.15, -0.1) is 0 Å². The van der Waals surface area contributed by atoms with Crippen molar-refractivity contribution in [2.75, 3.05) is 13.1 Å². The molecule has 0 bridgehead atoms. The zero-order chi connectivity index (χ0) is 22.7. The van der Waals surface area contributed by atoms with Crippen molar-refractivity contribution in [2.24, 2.45) is 12.1 Å². The number of rotatable bonds is 5. The minimum Gasteiger partial charge on any atom is -0.349 e. The number of nitrogens with zero attached hydrogens (tertiary/aromatic N) is 5. The van der Waals surface area contributed by atoms with Gasteiger partial charge in [0.05, 0.1) is 18.3 Å². The van der Waals surface area contributed by atoms with Crippen LogP contribution in [0.15, 0.2) is 41.8 Å². The van der Waals surface area contributed by atoms with Gasteiger partial charge in [-0.2, -0.15) is 10.2 Å². The number of carbonyl (C=O) groups excluding carboxylic acids is 3. The molecule has 1 aromatic carbocycles. The normalized spacial score (nSPS) is 17.3. The Balaban J connectivity index is 1.33. The number of aromatic nitrogens is 2. The van der Waals surface area contributed by atoms with Crippen molar-refractivity contribution in [3.05, 3.63) is 53.6 Å². The Bertz CT molecular complexity index is 1040. The lowest BCUT2D eigenvalue weighted by molar-refractivity contribution is -0.132. The second-order valence-corrected chi connectivity index (χ2v) is 8.07. The summed E-state index contributed by atoms with van der Waals surface area (Å²) in [5.41, 5.74) is 1.60. The van der Waals surface area contributed by atoms with E-state index in [9.17, 15) is 18.8 Å². The Hall–Kier alpha value is -3.56. The predicted octanol–water partition coefficient (Wildman–Crippen LogP) is 1.46. The van der Waals surface area contributed by atoms with E-state index in [2.05, 4.69) is 15.5 Å². The number of amides is 3. The molecule has 0 aliphatic carbocycles. The van der Waals surface area contributed by atoms with Crippen LogP contribution in [0.2, 0.25) is 0 Å². The van der Waals surface area contributed by atoms with E-state index >= 15 is 0 Å². The average molecular weight is 440 g/mol. The SMILES string of the molecule is Cn1cc(C(=O)NC2CCN(C(=O)C3=NN(Cc4ccc(F)cc4)C(=O)CC3)CC2)cn1. The molecule has 32 heavy (non-hydrogen) atoms. The number of halogens is 1. The van der Waals surface area contributed by atoms with Crippen molar-refractivity contribution < 1.29 is 18.8 Å². The lowest BCUT2D eigenvalue weighted by Gasteiger charge is -2.33. The van der Waals surface area contributed by atoms with Gasteiger partial charge in [-0.1, -0.05) is 12.1 Å². The third kappa shape index (κ3) is 5.01. The minimum absolute atomic E-state index is 0.0170. The number of nitrogens with one attached hydrogen (secondary N) is 1. The second-order valence-electron chi connectivity index (χ2n) is 8.07. The van der Waals surface area contributed by atoms with Crippen molar-refractivity contribution in [2.45, 2.75) is 38.3 Å². The van der Waals surface area contributed by atoms with Crippen LogP contribution in [0.3, 0.4) is 0 Å². The van der Waals surface area contributed by atoms with Gasteiger partial charge < -0.3 is 10.2 Å².